The van der Waals surface area contributed by atoms with Crippen molar-refractivity contribution in [1.29, 1.82) is 0 Å². The van der Waals surface area contributed by atoms with Crippen molar-refractivity contribution in [2.45, 2.75) is 6.92 Å². The number of hydrogen-bond acceptors (Lipinski definition) is 3. The van der Waals surface area contributed by atoms with Gasteiger partial charge in [-0.2, -0.15) is 0 Å². The highest BCUT2D eigenvalue weighted by atomic mass is 79.9. The van der Waals surface area contributed by atoms with Crippen LogP contribution in [0.4, 0.5) is 5.69 Å². The van der Waals surface area contributed by atoms with Crippen molar-refractivity contribution in [3.8, 4) is 0 Å². The van der Waals surface area contributed by atoms with E-state index in [0.717, 1.165) is 20.8 Å². The number of amides is 1. The highest BCUT2D eigenvalue weighted by Gasteiger charge is 2.15. The minimum atomic E-state index is -0.250. The van der Waals surface area contributed by atoms with E-state index in [1.165, 1.54) is 0 Å². The second-order valence-corrected chi connectivity index (χ2v) is 5.50. The molecule has 1 N–H and O–H groups in total. The zero-order chi connectivity index (χ0) is 14.8. The third-order valence-electron chi connectivity index (χ3n) is 3.23. The number of carbonyl (C=O) groups excluding carboxylic acids is 1. The van der Waals surface area contributed by atoms with Gasteiger partial charge in [-0.05, 0) is 42.1 Å². The van der Waals surface area contributed by atoms with Crippen LogP contribution in [0.15, 0.2) is 53.4 Å². The summed E-state index contributed by atoms with van der Waals surface area (Å²) < 4.78 is 0.854. The van der Waals surface area contributed by atoms with Gasteiger partial charge in [-0.15, -0.1) is 0 Å². The molecule has 0 aliphatic heterocycles. The molecule has 0 aliphatic rings. The zero-order valence-corrected chi connectivity index (χ0v) is 12.9. The smallest absolute Gasteiger partial charge is 0.274 e. The molecule has 2 aromatic heterocycles. The van der Waals surface area contributed by atoms with E-state index in [1.54, 1.807) is 30.7 Å². The van der Waals surface area contributed by atoms with Gasteiger partial charge < -0.3 is 5.32 Å². The second kappa shape index (κ2) is 5.61. The van der Waals surface area contributed by atoms with E-state index >= 15 is 0 Å². The van der Waals surface area contributed by atoms with Gasteiger partial charge in [-0.25, -0.2) is 0 Å². The SMILES string of the molecule is Cc1ccc(Br)c2c(C(=O)Nc3cccnc3)nccc12. The first kappa shape index (κ1) is 13.7. The average Bonchev–Trinajstić information content (AvgIpc) is 2.51. The predicted molar refractivity (Wildman–Crippen MR) is 86.4 cm³/mol. The Morgan fingerprint density at radius 1 is 1.19 bits per heavy atom. The first-order valence-electron chi connectivity index (χ1n) is 6.42. The fraction of sp³-hybridized carbons (Fsp3) is 0.0625. The number of aromatic nitrogens is 2. The van der Waals surface area contributed by atoms with Crippen LogP contribution in [0.5, 0.6) is 0 Å². The molecule has 0 atom stereocenters. The second-order valence-electron chi connectivity index (χ2n) is 4.64. The van der Waals surface area contributed by atoms with E-state index in [1.807, 2.05) is 25.1 Å². The molecule has 3 rings (SSSR count). The van der Waals surface area contributed by atoms with E-state index in [-0.39, 0.29) is 5.91 Å². The lowest BCUT2D eigenvalue weighted by Gasteiger charge is -2.10. The van der Waals surface area contributed by atoms with Crippen molar-refractivity contribution < 1.29 is 4.79 Å². The zero-order valence-electron chi connectivity index (χ0n) is 11.3. The summed E-state index contributed by atoms with van der Waals surface area (Å²) in [6.07, 6.45) is 4.91. The number of hydrogen-bond donors (Lipinski definition) is 1. The summed E-state index contributed by atoms with van der Waals surface area (Å²) in [6, 6.07) is 9.41. The number of aryl methyl sites for hydroxylation is 1. The maximum absolute atomic E-state index is 12.5. The van der Waals surface area contributed by atoms with Crippen LogP contribution in [0.3, 0.4) is 0 Å². The topological polar surface area (TPSA) is 54.9 Å². The Labute approximate surface area is 130 Å². The Morgan fingerprint density at radius 2 is 2.05 bits per heavy atom. The first-order valence-corrected chi connectivity index (χ1v) is 7.21. The van der Waals surface area contributed by atoms with Crippen LogP contribution < -0.4 is 5.32 Å². The highest BCUT2D eigenvalue weighted by Crippen LogP contribution is 2.29. The van der Waals surface area contributed by atoms with Gasteiger partial charge in [-0.1, -0.05) is 22.0 Å². The molecule has 0 saturated carbocycles. The fourth-order valence-corrected chi connectivity index (χ4v) is 2.74. The Bertz CT molecular complexity index is 818. The molecule has 1 aromatic carbocycles. The van der Waals surface area contributed by atoms with Crippen LogP contribution in [0, 0.1) is 6.92 Å². The lowest BCUT2D eigenvalue weighted by Crippen LogP contribution is -2.14. The lowest BCUT2D eigenvalue weighted by atomic mass is 10.0. The van der Waals surface area contributed by atoms with Crippen LogP contribution in [0.25, 0.3) is 10.8 Å². The van der Waals surface area contributed by atoms with Gasteiger partial charge in [0.05, 0.1) is 11.9 Å². The summed E-state index contributed by atoms with van der Waals surface area (Å²) >= 11 is 3.50. The predicted octanol–water partition coefficient (Wildman–Crippen LogP) is 3.95. The highest BCUT2D eigenvalue weighted by molar-refractivity contribution is 9.10. The molecule has 0 unspecified atom stereocenters. The summed E-state index contributed by atoms with van der Waals surface area (Å²) in [7, 11) is 0. The van der Waals surface area contributed by atoms with Crippen LogP contribution >= 0.6 is 15.9 Å². The average molecular weight is 342 g/mol. The Hall–Kier alpha value is -2.27. The molecule has 1 amide bonds. The molecule has 3 aromatic rings. The molecule has 0 spiro atoms. The summed E-state index contributed by atoms with van der Waals surface area (Å²) in [5.41, 5.74) is 2.14. The maximum Gasteiger partial charge on any atom is 0.274 e. The normalized spacial score (nSPS) is 10.6. The molecule has 21 heavy (non-hydrogen) atoms. The molecule has 0 saturated heterocycles. The quantitative estimate of drug-likeness (QED) is 0.767. The summed E-state index contributed by atoms with van der Waals surface area (Å²) in [5.74, 6) is -0.250. The van der Waals surface area contributed by atoms with Gasteiger partial charge in [0, 0.05) is 22.3 Å². The van der Waals surface area contributed by atoms with Gasteiger partial charge in [0.1, 0.15) is 5.69 Å². The van der Waals surface area contributed by atoms with Crippen LogP contribution in [0.1, 0.15) is 16.1 Å². The summed E-state index contributed by atoms with van der Waals surface area (Å²) in [4.78, 5) is 20.7. The molecule has 0 bridgehead atoms. The molecule has 5 heteroatoms. The van der Waals surface area contributed by atoms with Crippen molar-refractivity contribution in [1.82, 2.24) is 9.97 Å². The van der Waals surface area contributed by atoms with Gasteiger partial charge in [-0.3, -0.25) is 14.8 Å². The monoisotopic (exact) mass is 341 g/mol. The number of fused-ring (bicyclic) bond motifs is 1. The minimum absolute atomic E-state index is 0.250. The van der Waals surface area contributed by atoms with Gasteiger partial charge >= 0.3 is 0 Å². The van der Waals surface area contributed by atoms with Crippen molar-refractivity contribution in [3.63, 3.8) is 0 Å². The van der Waals surface area contributed by atoms with Crippen molar-refractivity contribution in [3.05, 3.63) is 64.7 Å². The summed E-state index contributed by atoms with van der Waals surface area (Å²) in [5, 5.41) is 4.64. The number of pyridine rings is 2. The molecular formula is C16H12BrN3O. The van der Waals surface area contributed by atoms with E-state index in [9.17, 15) is 4.79 Å². The van der Waals surface area contributed by atoms with Crippen LogP contribution in [-0.4, -0.2) is 15.9 Å². The molecule has 4 nitrogen and oxygen atoms in total. The lowest BCUT2D eigenvalue weighted by molar-refractivity contribution is 0.102. The van der Waals surface area contributed by atoms with Crippen LogP contribution in [-0.2, 0) is 0 Å². The van der Waals surface area contributed by atoms with Gasteiger partial charge in [0.15, 0.2) is 0 Å². The molecular weight excluding hydrogens is 330 g/mol. The number of carbonyl (C=O) groups is 1. The number of benzene rings is 1. The molecule has 0 fully saturated rings. The summed E-state index contributed by atoms with van der Waals surface area (Å²) in [6.45, 7) is 2.01. The van der Waals surface area contributed by atoms with Gasteiger partial charge in [0.25, 0.3) is 5.91 Å². The van der Waals surface area contributed by atoms with Crippen molar-refractivity contribution in [2.24, 2.45) is 0 Å². The molecule has 2 heterocycles. The molecule has 0 aliphatic carbocycles. The van der Waals surface area contributed by atoms with Crippen molar-refractivity contribution >= 4 is 38.3 Å². The Kier molecular flexibility index (Phi) is 3.66. The third-order valence-corrected chi connectivity index (χ3v) is 3.89. The van der Waals surface area contributed by atoms with Crippen LogP contribution in [0.2, 0.25) is 0 Å². The Balaban J connectivity index is 2.08. The number of anilines is 1. The fourth-order valence-electron chi connectivity index (χ4n) is 2.20. The standard InChI is InChI=1S/C16H12BrN3O/c1-10-4-5-13(17)14-12(10)6-8-19-15(14)16(21)20-11-3-2-7-18-9-11/h2-9H,1H3,(H,20,21). The number of rotatable bonds is 2. The van der Waals surface area contributed by atoms with E-state index in [2.05, 4.69) is 31.2 Å². The number of halogens is 1. The maximum atomic E-state index is 12.5. The largest absolute Gasteiger partial charge is 0.319 e. The van der Waals surface area contributed by atoms with E-state index in [0.29, 0.717) is 11.4 Å². The van der Waals surface area contributed by atoms with E-state index in [4.69, 9.17) is 0 Å². The van der Waals surface area contributed by atoms with Crippen molar-refractivity contribution in [2.75, 3.05) is 5.32 Å². The Morgan fingerprint density at radius 3 is 2.81 bits per heavy atom. The number of nitrogens with zero attached hydrogens (tertiary/aromatic N) is 2. The minimum Gasteiger partial charge on any atom is -0.319 e. The van der Waals surface area contributed by atoms with E-state index < -0.39 is 0 Å². The number of nitrogens with one attached hydrogen (secondary N) is 1. The molecule has 0 radical (unpaired) electrons. The van der Waals surface area contributed by atoms with Gasteiger partial charge in [0.2, 0.25) is 0 Å². The molecule has 104 valence electrons. The third kappa shape index (κ3) is 2.64. The first-order chi connectivity index (χ1) is 10.2.